The number of rotatable bonds is 6. The van der Waals surface area contributed by atoms with Gasteiger partial charge in [0, 0.05) is 61.9 Å². The molecule has 3 aromatic rings. The Morgan fingerprint density at radius 3 is 2.07 bits per heavy atom. The largest absolute Gasteiger partial charge is 0.339 e. The van der Waals surface area contributed by atoms with E-state index in [1.165, 1.54) is 6.08 Å². The van der Waals surface area contributed by atoms with Gasteiger partial charge in [0.25, 0.3) is 5.91 Å². The molecule has 3 heterocycles. The molecule has 0 N–H and O–H groups in total. The predicted molar refractivity (Wildman–Crippen MR) is 151 cm³/mol. The molecule has 1 amide bonds. The van der Waals surface area contributed by atoms with Gasteiger partial charge < -0.3 is 4.90 Å². The van der Waals surface area contributed by atoms with Crippen LogP contribution < -0.4 is 0 Å². The third kappa shape index (κ3) is 3.99. The molecule has 3 atom stereocenters. The van der Waals surface area contributed by atoms with Crippen LogP contribution in [0.5, 0.6) is 0 Å². The number of fused-ring (bicyclic) bond motifs is 2. The highest BCUT2D eigenvalue weighted by Crippen LogP contribution is 2.59. The smallest absolute Gasteiger partial charge is 0.263 e. The molecular formula is C33H31N5O3. The first-order chi connectivity index (χ1) is 19.7. The molecular weight excluding hydrogens is 514 g/mol. The van der Waals surface area contributed by atoms with E-state index in [2.05, 4.69) is 29.9 Å². The van der Waals surface area contributed by atoms with Crippen molar-refractivity contribution in [3.8, 4) is 6.07 Å². The van der Waals surface area contributed by atoms with E-state index in [4.69, 9.17) is 5.26 Å². The highest BCUT2D eigenvalue weighted by molar-refractivity contribution is 6.06. The zero-order valence-corrected chi connectivity index (χ0v) is 23.3. The summed E-state index contributed by atoms with van der Waals surface area (Å²) in [6.07, 6.45) is 9.70. The van der Waals surface area contributed by atoms with Gasteiger partial charge >= 0.3 is 0 Å². The third-order valence-corrected chi connectivity index (χ3v) is 9.62. The quantitative estimate of drug-likeness (QED) is 0.335. The molecule has 4 fully saturated rings. The van der Waals surface area contributed by atoms with E-state index in [-0.39, 0.29) is 41.3 Å². The maximum Gasteiger partial charge on any atom is 0.263 e. The molecule has 206 valence electrons. The van der Waals surface area contributed by atoms with Crippen molar-refractivity contribution in [1.29, 1.82) is 5.26 Å². The minimum atomic E-state index is -1.29. The molecule has 0 radical (unpaired) electrons. The Balaban J connectivity index is 1.47. The van der Waals surface area contributed by atoms with Gasteiger partial charge in [-0.1, -0.05) is 13.8 Å². The molecule has 0 spiro atoms. The van der Waals surface area contributed by atoms with Crippen LogP contribution in [0.25, 0.3) is 0 Å². The van der Waals surface area contributed by atoms with Crippen LogP contribution >= 0.6 is 0 Å². The molecule has 3 saturated carbocycles. The van der Waals surface area contributed by atoms with E-state index in [0.29, 0.717) is 34.0 Å². The lowest BCUT2D eigenvalue weighted by Gasteiger charge is -2.57. The van der Waals surface area contributed by atoms with Crippen LogP contribution in [0.4, 0.5) is 0 Å². The van der Waals surface area contributed by atoms with Crippen LogP contribution in [0.2, 0.25) is 0 Å². The zero-order valence-electron chi connectivity index (χ0n) is 23.3. The Labute approximate surface area is 239 Å². The topological polar surface area (TPSA) is 107 Å². The molecule has 3 aliphatic carbocycles. The van der Waals surface area contributed by atoms with E-state index in [9.17, 15) is 14.4 Å². The molecule has 3 unspecified atom stereocenters. The van der Waals surface area contributed by atoms with Crippen LogP contribution in [0.1, 0.15) is 53.7 Å². The molecule has 1 aromatic carbocycles. The van der Waals surface area contributed by atoms with Gasteiger partial charge in [-0.3, -0.25) is 29.3 Å². The van der Waals surface area contributed by atoms with Crippen molar-refractivity contribution in [2.75, 3.05) is 13.6 Å². The number of hydrogen-bond acceptors (Lipinski definition) is 7. The summed E-state index contributed by atoms with van der Waals surface area (Å²) >= 11 is 0. The number of hydrogen-bond donors (Lipinski definition) is 0. The van der Waals surface area contributed by atoms with E-state index < -0.39 is 5.54 Å². The van der Waals surface area contributed by atoms with Crippen molar-refractivity contribution in [3.05, 3.63) is 107 Å². The summed E-state index contributed by atoms with van der Waals surface area (Å²) in [6.45, 7) is 4.53. The van der Waals surface area contributed by atoms with Crippen molar-refractivity contribution < 1.29 is 14.4 Å². The summed E-state index contributed by atoms with van der Waals surface area (Å²) in [5, 5.41) is 9.17. The Morgan fingerprint density at radius 2 is 1.56 bits per heavy atom. The second kappa shape index (κ2) is 9.77. The molecule has 2 aromatic heterocycles. The van der Waals surface area contributed by atoms with Crippen molar-refractivity contribution in [2.45, 2.75) is 32.2 Å². The minimum absolute atomic E-state index is 0.000419. The van der Waals surface area contributed by atoms with Gasteiger partial charge in [0.2, 0.25) is 0 Å². The summed E-state index contributed by atoms with van der Waals surface area (Å²) in [5.41, 5.74) is 0.952. The lowest BCUT2D eigenvalue weighted by atomic mass is 9.46. The molecule has 1 saturated heterocycles. The number of pyridine rings is 2. The summed E-state index contributed by atoms with van der Waals surface area (Å²) in [4.78, 5) is 53.8. The molecule has 8 heteroatoms. The number of allylic oxidation sites excluding steroid dienone is 1. The standard InChI is InChI=1S/C33H31N5O3/c1-32(2)26-16-23(30(40)27(32)17-26)20-38-29(18-28(39)22-6-4-21(19-34)5-7-22)37(3)33(31(38)41,24-8-12-35-13-9-24)25-10-14-36-15-11-25/h4-15,18,23,26-27H,16-17,20H2,1-3H3. The first kappa shape index (κ1) is 26.6. The number of nitriles is 1. The van der Waals surface area contributed by atoms with Gasteiger partial charge in [-0.05, 0) is 83.8 Å². The first-order valence-electron chi connectivity index (χ1n) is 13.9. The van der Waals surface area contributed by atoms with E-state index >= 15 is 0 Å². The fraction of sp³-hybridized carbons (Fsp3) is 0.333. The second-order valence-electron chi connectivity index (χ2n) is 11.9. The van der Waals surface area contributed by atoms with Crippen LogP contribution in [0.15, 0.2) is 85.2 Å². The van der Waals surface area contributed by atoms with E-state index in [1.807, 2.05) is 29.2 Å². The fourth-order valence-corrected chi connectivity index (χ4v) is 7.07. The maximum atomic E-state index is 14.8. The first-order valence-corrected chi connectivity index (χ1v) is 13.9. The summed E-state index contributed by atoms with van der Waals surface area (Å²) in [6, 6.07) is 15.7. The monoisotopic (exact) mass is 545 g/mol. The van der Waals surface area contributed by atoms with Gasteiger partial charge in [-0.25, -0.2) is 0 Å². The third-order valence-electron chi connectivity index (χ3n) is 9.62. The number of ketones is 2. The van der Waals surface area contributed by atoms with Gasteiger partial charge in [0.15, 0.2) is 11.3 Å². The maximum absolute atomic E-state index is 14.8. The van der Waals surface area contributed by atoms with Crippen molar-refractivity contribution in [3.63, 3.8) is 0 Å². The zero-order chi connectivity index (χ0) is 28.9. The normalized spacial score (nSPS) is 25.1. The number of likely N-dealkylation sites (N-methyl/N-ethyl adjacent to an activating group) is 1. The van der Waals surface area contributed by atoms with Crippen LogP contribution in [-0.2, 0) is 15.1 Å². The summed E-state index contributed by atoms with van der Waals surface area (Å²) in [7, 11) is 1.81. The number of carbonyl (C=O) groups is 3. The number of nitrogens with zero attached hydrogens (tertiary/aromatic N) is 5. The van der Waals surface area contributed by atoms with Crippen molar-refractivity contribution in [2.24, 2.45) is 23.2 Å². The highest BCUT2D eigenvalue weighted by atomic mass is 16.2. The van der Waals surface area contributed by atoms with E-state index in [1.54, 1.807) is 61.0 Å². The number of carbonyl (C=O) groups excluding carboxylic acids is 3. The lowest BCUT2D eigenvalue weighted by Crippen LogP contribution is -2.58. The SMILES string of the molecule is CN1C(=CC(=O)c2ccc(C#N)cc2)N(CC2CC3CC(C2=O)C3(C)C)C(=O)C1(c1ccncc1)c1ccncc1. The molecule has 4 aliphatic rings. The molecule has 1 aliphatic heterocycles. The molecule has 41 heavy (non-hydrogen) atoms. The second-order valence-corrected chi connectivity index (χ2v) is 11.9. The molecule has 7 rings (SSSR count). The van der Waals surface area contributed by atoms with Crippen LogP contribution in [0, 0.1) is 34.5 Å². The highest BCUT2D eigenvalue weighted by Gasteiger charge is 2.60. The Bertz CT molecular complexity index is 1550. The van der Waals surface area contributed by atoms with Gasteiger partial charge in [0.05, 0.1) is 11.6 Å². The summed E-state index contributed by atoms with van der Waals surface area (Å²) < 4.78 is 0. The number of aromatic nitrogens is 2. The summed E-state index contributed by atoms with van der Waals surface area (Å²) in [5.74, 6) is 0.225. The fourth-order valence-electron chi connectivity index (χ4n) is 7.07. The van der Waals surface area contributed by atoms with Crippen molar-refractivity contribution >= 4 is 17.5 Å². The van der Waals surface area contributed by atoms with Gasteiger partial charge in [0.1, 0.15) is 11.6 Å². The van der Waals surface area contributed by atoms with Crippen LogP contribution in [-0.4, -0.2) is 50.8 Å². The average molecular weight is 546 g/mol. The minimum Gasteiger partial charge on any atom is -0.339 e. The molecule has 2 bridgehead atoms. The number of Topliss-reactive ketones (excluding diaryl/α,β-unsaturated/α-hetero) is 1. The number of amides is 1. The van der Waals surface area contributed by atoms with Crippen LogP contribution in [0.3, 0.4) is 0 Å². The van der Waals surface area contributed by atoms with Crippen molar-refractivity contribution in [1.82, 2.24) is 19.8 Å². The lowest BCUT2D eigenvalue weighted by molar-refractivity contribution is -0.158. The van der Waals surface area contributed by atoms with Gasteiger partial charge in [-0.15, -0.1) is 0 Å². The molecule has 8 nitrogen and oxygen atoms in total. The Hall–Kier alpha value is -4.64. The Kier molecular flexibility index (Phi) is 6.33. The average Bonchev–Trinajstić information content (AvgIpc) is 3.20. The van der Waals surface area contributed by atoms with Gasteiger partial charge in [-0.2, -0.15) is 5.26 Å². The van der Waals surface area contributed by atoms with E-state index in [0.717, 1.165) is 12.8 Å². The Morgan fingerprint density at radius 1 is 0.976 bits per heavy atom. The number of benzene rings is 1. The predicted octanol–water partition coefficient (Wildman–Crippen LogP) is 4.34.